The standard InChI is InChI=1S/C14H18N2O2S/c1-8(2)14-16-11(7-19-14)10(4)15-13(17)12-6-5-9(3)18-12/h5-8,10H,1-4H3,(H,15,17)/t10-/m1/s1. The van der Waals surface area contributed by atoms with Gasteiger partial charge >= 0.3 is 0 Å². The largest absolute Gasteiger partial charge is 0.456 e. The Labute approximate surface area is 116 Å². The Kier molecular flexibility index (Phi) is 4.04. The Morgan fingerprint density at radius 2 is 2.11 bits per heavy atom. The second-order valence-corrected chi connectivity index (χ2v) is 5.76. The number of rotatable bonds is 4. The number of aromatic nitrogens is 1. The van der Waals surface area contributed by atoms with E-state index in [4.69, 9.17) is 4.42 Å². The van der Waals surface area contributed by atoms with Crippen molar-refractivity contribution in [3.05, 3.63) is 39.7 Å². The van der Waals surface area contributed by atoms with E-state index in [9.17, 15) is 4.79 Å². The van der Waals surface area contributed by atoms with Crippen molar-refractivity contribution in [3.63, 3.8) is 0 Å². The molecule has 0 aliphatic rings. The summed E-state index contributed by atoms with van der Waals surface area (Å²) in [6.07, 6.45) is 0. The molecular formula is C14H18N2O2S. The zero-order chi connectivity index (χ0) is 14.0. The molecule has 0 aromatic carbocycles. The first-order valence-corrected chi connectivity index (χ1v) is 7.18. The van der Waals surface area contributed by atoms with Crippen molar-refractivity contribution in [1.82, 2.24) is 10.3 Å². The van der Waals surface area contributed by atoms with Crippen LogP contribution in [0.3, 0.4) is 0 Å². The van der Waals surface area contributed by atoms with Crippen molar-refractivity contribution < 1.29 is 9.21 Å². The Hall–Kier alpha value is -1.62. The lowest BCUT2D eigenvalue weighted by Gasteiger charge is -2.10. The van der Waals surface area contributed by atoms with Crippen molar-refractivity contribution in [1.29, 1.82) is 0 Å². The molecule has 0 saturated carbocycles. The van der Waals surface area contributed by atoms with Crippen LogP contribution in [0, 0.1) is 6.92 Å². The molecule has 0 aliphatic carbocycles. The monoisotopic (exact) mass is 278 g/mol. The van der Waals surface area contributed by atoms with Gasteiger partial charge in [0.15, 0.2) is 5.76 Å². The Bertz CT molecular complexity index is 572. The van der Waals surface area contributed by atoms with Crippen LogP contribution >= 0.6 is 11.3 Å². The van der Waals surface area contributed by atoms with Crippen LogP contribution in [-0.4, -0.2) is 10.9 Å². The fourth-order valence-corrected chi connectivity index (χ4v) is 2.59. The number of thiazole rings is 1. The number of carbonyl (C=O) groups excluding carboxylic acids is 1. The van der Waals surface area contributed by atoms with Crippen molar-refractivity contribution in [2.24, 2.45) is 0 Å². The molecule has 0 spiro atoms. The number of nitrogens with zero attached hydrogens (tertiary/aromatic N) is 1. The van der Waals surface area contributed by atoms with Crippen molar-refractivity contribution in [2.75, 3.05) is 0 Å². The van der Waals surface area contributed by atoms with E-state index < -0.39 is 0 Å². The van der Waals surface area contributed by atoms with Gasteiger partial charge in [-0.3, -0.25) is 4.79 Å². The molecule has 1 atom stereocenters. The molecular weight excluding hydrogens is 260 g/mol. The summed E-state index contributed by atoms with van der Waals surface area (Å²) in [5, 5.41) is 5.97. The van der Waals surface area contributed by atoms with Crippen LogP contribution in [0.2, 0.25) is 0 Å². The number of furan rings is 1. The highest BCUT2D eigenvalue weighted by atomic mass is 32.1. The lowest BCUT2D eigenvalue weighted by Crippen LogP contribution is -2.26. The van der Waals surface area contributed by atoms with E-state index in [0.717, 1.165) is 16.5 Å². The van der Waals surface area contributed by atoms with Gasteiger partial charge in [-0.15, -0.1) is 11.3 Å². The molecule has 2 aromatic rings. The smallest absolute Gasteiger partial charge is 0.287 e. The molecule has 0 bridgehead atoms. The average molecular weight is 278 g/mol. The van der Waals surface area contributed by atoms with Gasteiger partial charge in [0.1, 0.15) is 5.76 Å². The van der Waals surface area contributed by atoms with Crippen LogP contribution in [0.25, 0.3) is 0 Å². The minimum absolute atomic E-state index is 0.123. The first-order chi connectivity index (χ1) is 8.97. The number of carbonyl (C=O) groups is 1. The minimum Gasteiger partial charge on any atom is -0.456 e. The summed E-state index contributed by atoms with van der Waals surface area (Å²) in [6.45, 7) is 7.96. The van der Waals surface area contributed by atoms with Gasteiger partial charge in [-0.2, -0.15) is 0 Å². The van der Waals surface area contributed by atoms with Gasteiger partial charge in [-0.25, -0.2) is 4.98 Å². The third-order valence-corrected chi connectivity index (χ3v) is 3.95. The minimum atomic E-state index is -0.209. The highest BCUT2D eigenvalue weighted by Gasteiger charge is 2.17. The molecule has 4 nitrogen and oxygen atoms in total. The van der Waals surface area contributed by atoms with Crippen molar-refractivity contribution in [3.8, 4) is 0 Å². The lowest BCUT2D eigenvalue weighted by atomic mass is 10.2. The van der Waals surface area contributed by atoms with E-state index in [0.29, 0.717) is 11.7 Å². The number of nitrogens with one attached hydrogen (secondary N) is 1. The molecule has 0 unspecified atom stereocenters. The fourth-order valence-electron chi connectivity index (χ4n) is 1.66. The maximum Gasteiger partial charge on any atom is 0.287 e. The normalized spacial score (nSPS) is 12.7. The molecule has 0 saturated heterocycles. The zero-order valence-corrected chi connectivity index (χ0v) is 12.4. The molecule has 19 heavy (non-hydrogen) atoms. The highest BCUT2D eigenvalue weighted by Crippen LogP contribution is 2.23. The quantitative estimate of drug-likeness (QED) is 0.928. The number of amides is 1. The topological polar surface area (TPSA) is 55.1 Å². The van der Waals surface area contributed by atoms with E-state index in [1.807, 2.05) is 19.2 Å². The summed E-state index contributed by atoms with van der Waals surface area (Å²) in [4.78, 5) is 16.5. The third-order valence-electron chi connectivity index (χ3n) is 2.79. The van der Waals surface area contributed by atoms with Crippen LogP contribution in [0.15, 0.2) is 21.9 Å². The zero-order valence-electron chi connectivity index (χ0n) is 11.6. The fraction of sp³-hybridized carbons (Fsp3) is 0.429. The summed E-state index contributed by atoms with van der Waals surface area (Å²) >= 11 is 1.63. The van der Waals surface area contributed by atoms with Crippen LogP contribution < -0.4 is 5.32 Å². The van der Waals surface area contributed by atoms with Crippen LogP contribution in [0.1, 0.15) is 59.7 Å². The second-order valence-electron chi connectivity index (χ2n) is 4.87. The van der Waals surface area contributed by atoms with Gasteiger partial charge in [0.2, 0.25) is 0 Å². The maximum absolute atomic E-state index is 12.0. The predicted octanol–water partition coefficient (Wildman–Crippen LogP) is 3.66. The molecule has 1 amide bonds. The van der Waals surface area contributed by atoms with Crippen LogP contribution in [0.5, 0.6) is 0 Å². The van der Waals surface area contributed by atoms with Gasteiger partial charge in [0.25, 0.3) is 5.91 Å². The summed E-state index contributed by atoms with van der Waals surface area (Å²) in [5.41, 5.74) is 0.894. The molecule has 0 radical (unpaired) electrons. The molecule has 2 aromatic heterocycles. The number of aryl methyl sites for hydroxylation is 1. The highest BCUT2D eigenvalue weighted by molar-refractivity contribution is 7.09. The first-order valence-electron chi connectivity index (χ1n) is 6.30. The van der Waals surface area contributed by atoms with Crippen LogP contribution in [-0.2, 0) is 0 Å². The number of hydrogen-bond acceptors (Lipinski definition) is 4. The maximum atomic E-state index is 12.0. The molecule has 1 N–H and O–H groups in total. The van der Waals surface area contributed by atoms with E-state index in [2.05, 4.69) is 24.1 Å². The molecule has 102 valence electrons. The summed E-state index contributed by atoms with van der Waals surface area (Å²) in [7, 11) is 0. The van der Waals surface area contributed by atoms with Gasteiger partial charge in [-0.05, 0) is 26.0 Å². The summed E-state index contributed by atoms with van der Waals surface area (Å²) in [6, 6.07) is 3.33. The van der Waals surface area contributed by atoms with Crippen molar-refractivity contribution in [2.45, 2.75) is 39.7 Å². The molecule has 2 rings (SSSR count). The Morgan fingerprint density at radius 3 is 2.63 bits per heavy atom. The van der Waals surface area contributed by atoms with Gasteiger partial charge in [0.05, 0.1) is 16.7 Å². The van der Waals surface area contributed by atoms with Gasteiger partial charge < -0.3 is 9.73 Å². The summed E-state index contributed by atoms with van der Waals surface area (Å²) in [5.74, 6) is 1.27. The molecule has 5 heteroatoms. The molecule has 0 fully saturated rings. The summed E-state index contributed by atoms with van der Waals surface area (Å²) < 4.78 is 5.30. The Morgan fingerprint density at radius 1 is 1.37 bits per heavy atom. The predicted molar refractivity (Wildman–Crippen MR) is 75.5 cm³/mol. The lowest BCUT2D eigenvalue weighted by molar-refractivity contribution is 0.0910. The SMILES string of the molecule is Cc1ccc(C(=O)N[C@H](C)c2csc(C(C)C)n2)o1. The van der Waals surface area contributed by atoms with E-state index >= 15 is 0 Å². The first kappa shape index (κ1) is 13.8. The van der Waals surface area contributed by atoms with Gasteiger partial charge in [-0.1, -0.05) is 13.8 Å². The molecule has 2 heterocycles. The van der Waals surface area contributed by atoms with Gasteiger partial charge in [0, 0.05) is 11.3 Å². The Balaban J connectivity index is 2.04. The van der Waals surface area contributed by atoms with E-state index in [-0.39, 0.29) is 11.9 Å². The van der Waals surface area contributed by atoms with E-state index in [1.54, 1.807) is 23.5 Å². The third kappa shape index (κ3) is 3.23. The van der Waals surface area contributed by atoms with E-state index in [1.165, 1.54) is 0 Å². The number of hydrogen-bond donors (Lipinski definition) is 1. The van der Waals surface area contributed by atoms with Crippen LogP contribution in [0.4, 0.5) is 0 Å². The molecule has 0 aliphatic heterocycles. The second kappa shape index (κ2) is 5.57. The average Bonchev–Trinajstić information content (AvgIpc) is 2.96. The van der Waals surface area contributed by atoms with Crippen molar-refractivity contribution >= 4 is 17.2 Å².